The molecule has 1 unspecified atom stereocenters. The summed E-state index contributed by atoms with van der Waals surface area (Å²) in [5, 5.41) is 3.47. The topological polar surface area (TPSA) is 35.6 Å². The van der Waals surface area contributed by atoms with Gasteiger partial charge in [0.05, 0.1) is 6.54 Å². The number of rotatable bonds is 2. The van der Waals surface area contributed by atoms with Gasteiger partial charge in [0.15, 0.2) is 0 Å². The van der Waals surface area contributed by atoms with Crippen LogP contribution in [0.2, 0.25) is 0 Å². The Morgan fingerprint density at radius 2 is 1.89 bits per heavy atom. The fourth-order valence-corrected chi connectivity index (χ4v) is 3.74. The first kappa shape index (κ1) is 15.1. The molecule has 5 heteroatoms. The van der Waals surface area contributed by atoms with E-state index in [-0.39, 0.29) is 12.4 Å². The van der Waals surface area contributed by atoms with Crippen LogP contribution >= 0.6 is 12.4 Å². The molecule has 1 atom stereocenters. The quantitative estimate of drug-likeness (QED) is 0.826. The molecule has 110 valence electrons. The lowest BCUT2D eigenvalue weighted by Gasteiger charge is -2.29. The zero-order chi connectivity index (χ0) is 12.4. The number of halogens is 1. The van der Waals surface area contributed by atoms with Gasteiger partial charge in [0.1, 0.15) is 0 Å². The number of piperidine rings is 1. The van der Waals surface area contributed by atoms with Crippen LogP contribution < -0.4 is 5.32 Å². The van der Waals surface area contributed by atoms with Crippen LogP contribution in [0.15, 0.2) is 0 Å². The van der Waals surface area contributed by atoms with Crippen molar-refractivity contribution in [3.05, 3.63) is 0 Å². The fraction of sp³-hybridized carbons (Fsp3) is 0.929. The number of hydrogen-bond donors (Lipinski definition) is 1. The Labute approximate surface area is 122 Å². The van der Waals surface area contributed by atoms with Gasteiger partial charge in [-0.1, -0.05) is 0 Å². The second-order valence-electron chi connectivity index (χ2n) is 6.33. The molecule has 19 heavy (non-hydrogen) atoms. The Bertz CT molecular complexity index is 312. The molecule has 3 saturated heterocycles. The Balaban J connectivity index is 0.00000133. The van der Waals surface area contributed by atoms with Crippen LogP contribution in [-0.2, 0) is 4.79 Å². The van der Waals surface area contributed by atoms with E-state index in [2.05, 4.69) is 15.1 Å². The molecule has 0 aromatic rings. The van der Waals surface area contributed by atoms with Crippen molar-refractivity contribution in [1.29, 1.82) is 0 Å². The molecule has 0 aromatic carbocycles. The summed E-state index contributed by atoms with van der Waals surface area (Å²) in [4.78, 5) is 16.7. The van der Waals surface area contributed by atoms with Gasteiger partial charge in [0.25, 0.3) is 0 Å². The third kappa shape index (κ3) is 3.41. The van der Waals surface area contributed by atoms with Gasteiger partial charge in [-0.3, -0.25) is 9.69 Å². The summed E-state index contributed by atoms with van der Waals surface area (Å²) in [5.41, 5.74) is 0.488. The van der Waals surface area contributed by atoms with Crippen LogP contribution in [0.1, 0.15) is 32.1 Å². The maximum atomic E-state index is 12.2. The monoisotopic (exact) mass is 287 g/mol. The Hall–Kier alpha value is -0.320. The zero-order valence-electron chi connectivity index (χ0n) is 11.7. The van der Waals surface area contributed by atoms with Gasteiger partial charge in [-0.25, -0.2) is 0 Å². The van der Waals surface area contributed by atoms with E-state index >= 15 is 0 Å². The van der Waals surface area contributed by atoms with Gasteiger partial charge in [-0.05, 0) is 50.6 Å². The first-order valence-corrected chi connectivity index (χ1v) is 7.48. The molecule has 3 heterocycles. The van der Waals surface area contributed by atoms with Crippen molar-refractivity contribution in [2.45, 2.75) is 32.1 Å². The smallest absolute Gasteiger partial charge is 0.236 e. The van der Waals surface area contributed by atoms with Crippen LogP contribution in [0.4, 0.5) is 0 Å². The van der Waals surface area contributed by atoms with Crippen molar-refractivity contribution < 1.29 is 4.79 Å². The van der Waals surface area contributed by atoms with Crippen molar-refractivity contribution >= 4 is 18.3 Å². The predicted octanol–water partition coefficient (Wildman–Crippen LogP) is 1.11. The molecule has 1 amide bonds. The second-order valence-corrected chi connectivity index (χ2v) is 6.33. The van der Waals surface area contributed by atoms with Gasteiger partial charge in [0.2, 0.25) is 5.91 Å². The van der Waals surface area contributed by atoms with Crippen LogP contribution in [0, 0.1) is 5.41 Å². The maximum Gasteiger partial charge on any atom is 0.236 e. The molecule has 4 nitrogen and oxygen atoms in total. The lowest BCUT2D eigenvalue weighted by molar-refractivity contribution is -0.133. The highest BCUT2D eigenvalue weighted by Gasteiger charge is 2.40. The van der Waals surface area contributed by atoms with Gasteiger partial charge in [-0.2, -0.15) is 0 Å². The lowest BCUT2D eigenvalue weighted by Crippen LogP contribution is -2.42. The van der Waals surface area contributed by atoms with E-state index in [1.165, 1.54) is 32.1 Å². The third-order valence-corrected chi connectivity index (χ3v) is 4.92. The van der Waals surface area contributed by atoms with Crippen LogP contribution in [0.3, 0.4) is 0 Å². The highest BCUT2D eigenvalue weighted by atomic mass is 35.5. The second kappa shape index (κ2) is 6.42. The van der Waals surface area contributed by atoms with Crippen molar-refractivity contribution in [2.24, 2.45) is 5.41 Å². The van der Waals surface area contributed by atoms with Crippen LogP contribution in [0.25, 0.3) is 0 Å². The summed E-state index contributed by atoms with van der Waals surface area (Å²) in [6.07, 6.45) is 6.25. The van der Waals surface area contributed by atoms with E-state index in [0.29, 0.717) is 17.9 Å². The molecule has 0 bridgehead atoms. The van der Waals surface area contributed by atoms with Crippen molar-refractivity contribution in [3.63, 3.8) is 0 Å². The van der Waals surface area contributed by atoms with Gasteiger partial charge < -0.3 is 10.2 Å². The molecular formula is C14H26ClN3O. The SMILES string of the molecule is Cl.O=C(CN1CCC2(CCNC2)C1)N1CCCCC1. The zero-order valence-corrected chi connectivity index (χ0v) is 12.5. The Morgan fingerprint density at radius 1 is 1.11 bits per heavy atom. The number of nitrogens with zero attached hydrogens (tertiary/aromatic N) is 2. The molecule has 0 aliphatic carbocycles. The highest BCUT2D eigenvalue weighted by Crippen LogP contribution is 2.35. The molecule has 3 aliphatic heterocycles. The van der Waals surface area contributed by atoms with Crippen molar-refractivity contribution in [3.8, 4) is 0 Å². The summed E-state index contributed by atoms with van der Waals surface area (Å²) >= 11 is 0. The predicted molar refractivity (Wildman–Crippen MR) is 78.7 cm³/mol. The average molecular weight is 288 g/mol. The maximum absolute atomic E-state index is 12.2. The fourth-order valence-electron chi connectivity index (χ4n) is 3.74. The Morgan fingerprint density at radius 3 is 2.58 bits per heavy atom. The van der Waals surface area contributed by atoms with Crippen molar-refractivity contribution in [1.82, 2.24) is 15.1 Å². The lowest BCUT2D eigenvalue weighted by atomic mass is 9.87. The number of likely N-dealkylation sites (tertiary alicyclic amines) is 2. The van der Waals surface area contributed by atoms with E-state index in [4.69, 9.17) is 0 Å². The summed E-state index contributed by atoms with van der Waals surface area (Å²) in [6, 6.07) is 0. The van der Waals surface area contributed by atoms with E-state index < -0.39 is 0 Å². The number of nitrogens with one attached hydrogen (secondary N) is 1. The van der Waals surface area contributed by atoms with Crippen molar-refractivity contribution in [2.75, 3.05) is 45.8 Å². The first-order valence-electron chi connectivity index (χ1n) is 7.48. The molecular weight excluding hydrogens is 262 g/mol. The summed E-state index contributed by atoms with van der Waals surface area (Å²) < 4.78 is 0. The minimum atomic E-state index is 0. The highest BCUT2D eigenvalue weighted by molar-refractivity contribution is 5.85. The summed E-state index contributed by atoms with van der Waals surface area (Å²) in [5.74, 6) is 0.359. The third-order valence-electron chi connectivity index (χ3n) is 4.92. The minimum absolute atomic E-state index is 0. The van der Waals surface area contributed by atoms with E-state index in [1.54, 1.807) is 0 Å². The van der Waals surface area contributed by atoms with Gasteiger partial charge in [0, 0.05) is 26.2 Å². The standard InChI is InChI=1S/C14H25N3O.ClH/c18-13(17-7-2-1-3-8-17)10-16-9-5-14(12-16)4-6-15-11-14;/h15H,1-12H2;1H. The molecule has 3 aliphatic rings. The van der Waals surface area contributed by atoms with Gasteiger partial charge >= 0.3 is 0 Å². The van der Waals surface area contributed by atoms with E-state index in [0.717, 1.165) is 39.3 Å². The largest absolute Gasteiger partial charge is 0.342 e. The van der Waals surface area contributed by atoms with E-state index in [9.17, 15) is 4.79 Å². The molecule has 1 N–H and O–H groups in total. The Kier molecular flexibility index (Phi) is 5.09. The number of hydrogen-bond acceptors (Lipinski definition) is 3. The van der Waals surface area contributed by atoms with E-state index in [1.807, 2.05) is 0 Å². The average Bonchev–Trinajstić information content (AvgIpc) is 3.02. The molecule has 1 spiro atoms. The number of carbonyl (C=O) groups is 1. The number of carbonyl (C=O) groups excluding carboxylic acids is 1. The normalized spacial score (nSPS) is 31.7. The number of amides is 1. The first-order chi connectivity index (χ1) is 8.77. The van der Waals surface area contributed by atoms with Gasteiger partial charge in [-0.15, -0.1) is 12.4 Å². The molecule has 3 fully saturated rings. The van der Waals surface area contributed by atoms with Crippen LogP contribution in [-0.4, -0.2) is 61.5 Å². The summed E-state index contributed by atoms with van der Waals surface area (Å²) in [6.45, 7) is 7.18. The summed E-state index contributed by atoms with van der Waals surface area (Å²) in [7, 11) is 0. The molecule has 3 rings (SSSR count). The molecule has 0 radical (unpaired) electrons. The minimum Gasteiger partial charge on any atom is -0.342 e. The van der Waals surface area contributed by atoms with Crippen LogP contribution in [0.5, 0.6) is 0 Å². The molecule has 0 aromatic heterocycles. The molecule has 0 saturated carbocycles.